The minimum absolute atomic E-state index is 0.138. The molecule has 0 aliphatic carbocycles. The summed E-state index contributed by atoms with van der Waals surface area (Å²) in [5, 5.41) is 1.12. The van der Waals surface area contributed by atoms with Gasteiger partial charge in [-0.1, -0.05) is 23.7 Å². The molecule has 0 aliphatic heterocycles. The minimum atomic E-state index is -0.138. The van der Waals surface area contributed by atoms with Gasteiger partial charge in [-0.05, 0) is 83.3 Å². The number of nitrogens with zero attached hydrogens (tertiary/aromatic N) is 3. The lowest BCUT2D eigenvalue weighted by molar-refractivity contribution is 0.943. The van der Waals surface area contributed by atoms with Crippen molar-refractivity contribution in [3.05, 3.63) is 97.3 Å². The van der Waals surface area contributed by atoms with Gasteiger partial charge >= 0.3 is 0 Å². The van der Waals surface area contributed by atoms with Gasteiger partial charge in [0.2, 0.25) is 0 Å². The summed E-state index contributed by atoms with van der Waals surface area (Å²) in [6, 6.07) is 18.5. The van der Waals surface area contributed by atoms with Crippen molar-refractivity contribution in [2.45, 2.75) is 0 Å². The fourth-order valence-electron chi connectivity index (χ4n) is 2.79. The van der Waals surface area contributed by atoms with Crippen LogP contribution in [0.5, 0.6) is 0 Å². The van der Waals surface area contributed by atoms with Gasteiger partial charge in [0.05, 0.1) is 22.3 Å². The molecule has 4 nitrogen and oxygen atoms in total. The molecule has 0 fully saturated rings. The van der Waals surface area contributed by atoms with Gasteiger partial charge in [-0.3, -0.25) is 14.3 Å². The van der Waals surface area contributed by atoms with E-state index in [0.717, 1.165) is 9.26 Å². The van der Waals surface area contributed by atoms with Crippen LogP contribution in [-0.4, -0.2) is 14.5 Å². The van der Waals surface area contributed by atoms with E-state index >= 15 is 0 Å². The quantitative estimate of drug-likeness (QED) is 0.374. The van der Waals surface area contributed by atoms with E-state index in [9.17, 15) is 4.79 Å². The highest BCUT2D eigenvalue weighted by molar-refractivity contribution is 14.1. The molecule has 27 heavy (non-hydrogen) atoms. The molecule has 0 amide bonds. The van der Waals surface area contributed by atoms with E-state index in [2.05, 4.69) is 27.6 Å². The molecule has 4 aromatic rings. The van der Waals surface area contributed by atoms with E-state index in [0.29, 0.717) is 27.4 Å². The first-order valence-electron chi connectivity index (χ1n) is 8.19. The SMILES string of the molecule is O=c1c2cc(I)ccc2nc(/C=C/c2ccccn2)n1-c1cccc(Cl)c1. The smallest absolute Gasteiger partial charge is 0.266 e. The number of pyridine rings is 1. The summed E-state index contributed by atoms with van der Waals surface area (Å²) in [5.74, 6) is 0.515. The highest BCUT2D eigenvalue weighted by Crippen LogP contribution is 2.19. The summed E-state index contributed by atoms with van der Waals surface area (Å²) >= 11 is 8.34. The molecule has 6 heteroatoms. The van der Waals surface area contributed by atoms with Crippen LogP contribution in [0.3, 0.4) is 0 Å². The van der Waals surface area contributed by atoms with Crippen LogP contribution in [0.2, 0.25) is 5.02 Å². The van der Waals surface area contributed by atoms with Crippen molar-refractivity contribution in [2.75, 3.05) is 0 Å². The van der Waals surface area contributed by atoms with Crippen LogP contribution in [0.4, 0.5) is 0 Å². The summed E-state index contributed by atoms with van der Waals surface area (Å²) in [6.07, 6.45) is 5.35. The number of halogens is 2. The number of benzene rings is 2. The lowest BCUT2D eigenvalue weighted by Crippen LogP contribution is -2.22. The molecule has 0 atom stereocenters. The Morgan fingerprint density at radius 1 is 1.00 bits per heavy atom. The largest absolute Gasteiger partial charge is 0.268 e. The predicted octanol–water partition coefficient (Wildman–Crippen LogP) is 5.21. The number of hydrogen-bond donors (Lipinski definition) is 0. The molecule has 0 N–H and O–H groups in total. The third-order valence-electron chi connectivity index (χ3n) is 4.01. The molecular formula is C21H13ClIN3O. The minimum Gasteiger partial charge on any atom is -0.268 e. The van der Waals surface area contributed by atoms with Gasteiger partial charge < -0.3 is 0 Å². The van der Waals surface area contributed by atoms with Gasteiger partial charge in [-0.15, -0.1) is 0 Å². The number of fused-ring (bicyclic) bond motifs is 1. The standard InChI is InChI=1S/C21H13ClIN3O/c22-14-4-3-6-17(12-14)26-20(10-8-16-5-1-2-11-24-16)25-19-9-7-15(23)13-18(19)21(26)27/h1-13H/b10-8+. The van der Waals surface area contributed by atoms with Crippen LogP contribution in [-0.2, 0) is 0 Å². The Balaban J connectivity index is 1.98. The van der Waals surface area contributed by atoms with Crippen molar-refractivity contribution in [3.63, 3.8) is 0 Å². The van der Waals surface area contributed by atoms with Gasteiger partial charge in [-0.25, -0.2) is 4.98 Å². The van der Waals surface area contributed by atoms with Crippen LogP contribution >= 0.6 is 34.2 Å². The van der Waals surface area contributed by atoms with Crippen molar-refractivity contribution in [1.29, 1.82) is 0 Å². The Kier molecular flexibility index (Phi) is 5.05. The summed E-state index contributed by atoms with van der Waals surface area (Å²) < 4.78 is 2.55. The van der Waals surface area contributed by atoms with E-state index in [4.69, 9.17) is 16.6 Å². The molecule has 2 heterocycles. The molecule has 2 aromatic carbocycles. The highest BCUT2D eigenvalue weighted by atomic mass is 127. The fraction of sp³-hybridized carbons (Fsp3) is 0. The molecule has 0 aliphatic rings. The zero-order valence-corrected chi connectivity index (χ0v) is 16.9. The second-order valence-corrected chi connectivity index (χ2v) is 7.52. The first kappa shape index (κ1) is 17.9. The summed E-state index contributed by atoms with van der Waals surface area (Å²) in [4.78, 5) is 22.2. The van der Waals surface area contributed by atoms with E-state index < -0.39 is 0 Å². The lowest BCUT2D eigenvalue weighted by Gasteiger charge is -2.12. The van der Waals surface area contributed by atoms with E-state index in [1.54, 1.807) is 29.0 Å². The molecule has 2 aromatic heterocycles. The van der Waals surface area contributed by atoms with E-state index in [-0.39, 0.29) is 5.56 Å². The van der Waals surface area contributed by atoms with Gasteiger partial charge in [0.1, 0.15) is 5.82 Å². The number of rotatable bonds is 3. The van der Waals surface area contributed by atoms with E-state index in [1.165, 1.54) is 0 Å². The zero-order chi connectivity index (χ0) is 18.8. The molecule has 0 unspecified atom stereocenters. The first-order valence-corrected chi connectivity index (χ1v) is 9.65. The predicted molar refractivity (Wildman–Crippen MR) is 118 cm³/mol. The topological polar surface area (TPSA) is 47.8 Å². The Bertz CT molecular complexity index is 1220. The number of hydrogen-bond acceptors (Lipinski definition) is 3. The summed E-state index contributed by atoms with van der Waals surface area (Å²) in [6.45, 7) is 0. The maximum atomic E-state index is 13.3. The van der Waals surface area contributed by atoms with Gasteiger partial charge in [-0.2, -0.15) is 0 Å². The van der Waals surface area contributed by atoms with Crippen LogP contribution in [0.25, 0.3) is 28.7 Å². The van der Waals surface area contributed by atoms with Crippen molar-refractivity contribution in [1.82, 2.24) is 14.5 Å². The molecular weight excluding hydrogens is 473 g/mol. The molecule has 132 valence electrons. The van der Waals surface area contributed by atoms with Gasteiger partial charge in [0.25, 0.3) is 5.56 Å². The molecule has 4 rings (SSSR count). The molecule has 0 spiro atoms. The Hall–Kier alpha value is -2.51. The first-order chi connectivity index (χ1) is 13.1. The Morgan fingerprint density at radius 2 is 1.89 bits per heavy atom. The second kappa shape index (κ2) is 7.62. The molecule has 0 bridgehead atoms. The van der Waals surface area contributed by atoms with Crippen LogP contribution in [0.15, 0.2) is 71.7 Å². The third kappa shape index (κ3) is 3.79. The highest BCUT2D eigenvalue weighted by Gasteiger charge is 2.12. The van der Waals surface area contributed by atoms with Crippen molar-refractivity contribution in [3.8, 4) is 5.69 Å². The van der Waals surface area contributed by atoms with Crippen molar-refractivity contribution < 1.29 is 0 Å². The normalized spacial score (nSPS) is 11.3. The maximum absolute atomic E-state index is 13.3. The average Bonchev–Trinajstić information content (AvgIpc) is 2.68. The van der Waals surface area contributed by atoms with E-state index in [1.807, 2.05) is 54.6 Å². The zero-order valence-electron chi connectivity index (χ0n) is 14.0. The molecule has 0 saturated carbocycles. The summed E-state index contributed by atoms with van der Waals surface area (Å²) in [7, 11) is 0. The second-order valence-electron chi connectivity index (χ2n) is 5.84. The monoisotopic (exact) mass is 485 g/mol. The van der Waals surface area contributed by atoms with Crippen LogP contribution < -0.4 is 5.56 Å². The fourth-order valence-corrected chi connectivity index (χ4v) is 3.46. The third-order valence-corrected chi connectivity index (χ3v) is 4.92. The van der Waals surface area contributed by atoms with Crippen LogP contribution in [0.1, 0.15) is 11.5 Å². The maximum Gasteiger partial charge on any atom is 0.266 e. The van der Waals surface area contributed by atoms with Crippen molar-refractivity contribution >= 4 is 57.2 Å². The Labute approximate surface area is 174 Å². The van der Waals surface area contributed by atoms with Gasteiger partial charge in [0, 0.05) is 14.8 Å². The van der Waals surface area contributed by atoms with Crippen LogP contribution in [0, 0.1) is 3.57 Å². The average molecular weight is 486 g/mol. The number of aromatic nitrogens is 3. The molecule has 0 radical (unpaired) electrons. The molecule has 0 saturated heterocycles. The van der Waals surface area contributed by atoms with Gasteiger partial charge in [0.15, 0.2) is 0 Å². The summed E-state index contributed by atoms with van der Waals surface area (Å²) in [5.41, 5.74) is 1.97. The van der Waals surface area contributed by atoms with Crippen molar-refractivity contribution in [2.24, 2.45) is 0 Å². The lowest BCUT2D eigenvalue weighted by atomic mass is 10.2. The Morgan fingerprint density at radius 3 is 2.67 bits per heavy atom.